The minimum Gasteiger partial charge on any atom is -0.350 e. The number of anilines is 2. The van der Waals surface area contributed by atoms with Crippen molar-refractivity contribution in [2.45, 2.75) is 23.9 Å². The van der Waals surface area contributed by atoms with Crippen molar-refractivity contribution in [2.24, 2.45) is 0 Å². The van der Waals surface area contributed by atoms with E-state index in [9.17, 15) is 31.7 Å². The van der Waals surface area contributed by atoms with Crippen LogP contribution < -0.4 is 5.32 Å². The van der Waals surface area contributed by atoms with Gasteiger partial charge in [-0.3, -0.25) is 10.1 Å². The third-order valence-corrected chi connectivity index (χ3v) is 4.61. The van der Waals surface area contributed by atoms with Gasteiger partial charge in [0.05, 0.1) is 9.82 Å². The van der Waals surface area contributed by atoms with Crippen LogP contribution in [0.25, 0.3) is 0 Å². The normalized spacial score (nSPS) is 12.0. The molecule has 140 valence electrons. The smallest absolute Gasteiger partial charge is 0.350 e. The van der Waals surface area contributed by atoms with Gasteiger partial charge in [-0.2, -0.15) is 13.2 Å². The average Bonchev–Trinajstić information content (AvgIpc) is 2.52. The number of rotatable bonds is 6. The van der Waals surface area contributed by atoms with Gasteiger partial charge >= 0.3 is 6.18 Å². The Balaban J connectivity index is 2.29. The standard InChI is InChI=1S/C16H15F3N2O4S/c1-26(24,25)13-5-6-14(15(10-13)21(22)23)20-12-4-2-3-11(9-12)7-8-16(17,18)19/h2-6,9-10,20H,7-8H2,1H3. The zero-order valence-electron chi connectivity index (χ0n) is 13.6. The molecule has 10 heteroatoms. The zero-order valence-corrected chi connectivity index (χ0v) is 14.4. The van der Waals surface area contributed by atoms with E-state index >= 15 is 0 Å². The third-order valence-electron chi connectivity index (χ3n) is 3.50. The Bertz CT molecular complexity index is 927. The number of hydrogen-bond acceptors (Lipinski definition) is 5. The highest BCUT2D eigenvalue weighted by atomic mass is 32.2. The lowest BCUT2D eigenvalue weighted by atomic mass is 10.1. The summed E-state index contributed by atoms with van der Waals surface area (Å²) in [7, 11) is -3.62. The second kappa shape index (κ2) is 7.32. The first-order valence-electron chi connectivity index (χ1n) is 7.37. The van der Waals surface area contributed by atoms with Crippen LogP contribution in [0.5, 0.6) is 0 Å². The number of sulfone groups is 1. The van der Waals surface area contributed by atoms with Gasteiger partial charge in [0.2, 0.25) is 0 Å². The number of halogens is 3. The Morgan fingerprint density at radius 1 is 1.15 bits per heavy atom. The van der Waals surface area contributed by atoms with Crippen LogP contribution in [0.2, 0.25) is 0 Å². The SMILES string of the molecule is CS(=O)(=O)c1ccc(Nc2cccc(CCC(F)(F)F)c2)c([N+](=O)[O-])c1. The molecular formula is C16H15F3N2O4S. The number of nitrogens with one attached hydrogen (secondary N) is 1. The second-order valence-corrected chi connectivity index (χ2v) is 7.66. The minimum atomic E-state index is -4.27. The molecule has 0 heterocycles. The van der Waals surface area contributed by atoms with E-state index in [2.05, 4.69) is 5.32 Å². The Morgan fingerprint density at radius 2 is 1.85 bits per heavy atom. The lowest BCUT2D eigenvalue weighted by Gasteiger charge is -2.11. The van der Waals surface area contributed by atoms with Crippen LogP contribution in [0.3, 0.4) is 0 Å². The summed E-state index contributed by atoms with van der Waals surface area (Å²) in [6, 6.07) is 9.47. The van der Waals surface area contributed by atoms with Gasteiger partial charge in [-0.15, -0.1) is 0 Å². The van der Waals surface area contributed by atoms with Gasteiger partial charge in [-0.05, 0) is 36.2 Å². The van der Waals surface area contributed by atoms with Gasteiger partial charge in [0.25, 0.3) is 5.69 Å². The van der Waals surface area contributed by atoms with Gasteiger partial charge in [0.15, 0.2) is 9.84 Å². The van der Waals surface area contributed by atoms with E-state index < -0.39 is 33.0 Å². The number of nitrogens with zero attached hydrogens (tertiary/aromatic N) is 1. The lowest BCUT2D eigenvalue weighted by molar-refractivity contribution is -0.384. The van der Waals surface area contributed by atoms with Crippen LogP contribution >= 0.6 is 0 Å². The topological polar surface area (TPSA) is 89.3 Å². The van der Waals surface area contributed by atoms with Crippen LogP contribution in [-0.2, 0) is 16.3 Å². The number of nitro benzene ring substituents is 1. The van der Waals surface area contributed by atoms with Crippen LogP contribution in [0.15, 0.2) is 47.4 Å². The molecule has 0 saturated carbocycles. The molecule has 0 amide bonds. The molecule has 0 aromatic heterocycles. The molecular weight excluding hydrogens is 373 g/mol. The summed E-state index contributed by atoms with van der Waals surface area (Å²) in [5, 5.41) is 14.0. The van der Waals surface area contributed by atoms with E-state index in [1.54, 1.807) is 6.07 Å². The molecule has 0 aliphatic heterocycles. The highest BCUT2D eigenvalue weighted by molar-refractivity contribution is 7.90. The van der Waals surface area contributed by atoms with Crippen LogP contribution in [0.1, 0.15) is 12.0 Å². The Kier molecular flexibility index (Phi) is 5.55. The monoisotopic (exact) mass is 388 g/mol. The molecule has 1 N–H and O–H groups in total. The Hall–Kier alpha value is -2.62. The Morgan fingerprint density at radius 3 is 2.42 bits per heavy atom. The van der Waals surface area contributed by atoms with Crippen LogP contribution in [0, 0.1) is 10.1 Å². The molecule has 0 radical (unpaired) electrons. The average molecular weight is 388 g/mol. The van der Waals surface area contributed by atoms with Gasteiger partial charge in [0, 0.05) is 24.4 Å². The molecule has 26 heavy (non-hydrogen) atoms. The first-order valence-corrected chi connectivity index (χ1v) is 9.26. The fraction of sp³-hybridized carbons (Fsp3) is 0.250. The molecule has 0 fully saturated rings. The molecule has 2 aromatic carbocycles. The highest BCUT2D eigenvalue weighted by Gasteiger charge is 2.26. The van der Waals surface area contributed by atoms with Crippen molar-refractivity contribution in [3.63, 3.8) is 0 Å². The van der Waals surface area contributed by atoms with Crippen LogP contribution in [-0.4, -0.2) is 25.8 Å². The van der Waals surface area contributed by atoms with E-state index in [0.717, 1.165) is 12.3 Å². The van der Waals surface area contributed by atoms with Crippen molar-refractivity contribution in [2.75, 3.05) is 11.6 Å². The quantitative estimate of drug-likeness (QED) is 0.591. The summed E-state index contributed by atoms with van der Waals surface area (Å²) in [5.74, 6) is 0. The van der Waals surface area contributed by atoms with Crippen molar-refractivity contribution in [1.82, 2.24) is 0 Å². The van der Waals surface area contributed by atoms with Crippen molar-refractivity contribution in [3.8, 4) is 0 Å². The summed E-state index contributed by atoms with van der Waals surface area (Å²) >= 11 is 0. The van der Waals surface area contributed by atoms with E-state index in [4.69, 9.17) is 0 Å². The number of nitro groups is 1. The molecule has 2 rings (SSSR count). The number of hydrogen-bond donors (Lipinski definition) is 1. The molecule has 0 unspecified atom stereocenters. The van der Waals surface area contributed by atoms with E-state index in [1.165, 1.54) is 30.3 Å². The van der Waals surface area contributed by atoms with Gasteiger partial charge in [0.1, 0.15) is 5.69 Å². The molecule has 0 aliphatic rings. The summed E-state index contributed by atoms with van der Waals surface area (Å²) in [4.78, 5) is 10.3. The minimum absolute atomic E-state index is 0.0374. The van der Waals surface area contributed by atoms with Crippen molar-refractivity contribution >= 4 is 26.9 Å². The number of aryl methyl sites for hydroxylation is 1. The van der Waals surface area contributed by atoms with E-state index in [0.29, 0.717) is 11.3 Å². The molecule has 0 saturated heterocycles. The summed E-state index contributed by atoms with van der Waals surface area (Å²) < 4.78 is 60.1. The highest BCUT2D eigenvalue weighted by Crippen LogP contribution is 2.31. The van der Waals surface area contributed by atoms with E-state index in [-0.39, 0.29) is 17.0 Å². The fourth-order valence-corrected chi connectivity index (χ4v) is 2.89. The molecule has 0 spiro atoms. The zero-order chi connectivity index (χ0) is 19.5. The second-order valence-electron chi connectivity index (χ2n) is 5.65. The van der Waals surface area contributed by atoms with Crippen molar-refractivity contribution < 1.29 is 26.5 Å². The maximum atomic E-state index is 12.3. The number of alkyl halides is 3. The molecule has 0 bridgehead atoms. The van der Waals surface area contributed by atoms with Gasteiger partial charge in [-0.1, -0.05) is 12.1 Å². The van der Waals surface area contributed by atoms with Crippen molar-refractivity contribution in [1.29, 1.82) is 0 Å². The first-order chi connectivity index (χ1) is 12.0. The van der Waals surface area contributed by atoms with Gasteiger partial charge < -0.3 is 5.32 Å². The first kappa shape index (κ1) is 19.7. The summed E-state index contributed by atoms with van der Waals surface area (Å²) in [6.45, 7) is 0. The van der Waals surface area contributed by atoms with E-state index in [1.807, 2.05) is 0 Å². The molecule has 6 nitrogen and oxygen atoms in total. The van der Waals surface area contributed by atoms with Crippen molar-refractivity contribution in [3.05, 3.63) is 58.1 Å². The van der Waals surface area contributed by atoms with Crippen LogP contribution in [0.4, 0.5) is 30.2 Å². The predicted molar refractivity (Wildman–Crippen MR) is 90.3 cm³/mol. The summed E-state index contributed by atoms with van der Waals surface area (Å²) in [5.41, 5.74) is 0.367. The summed E-state index contributed by atoms with van der Waals surface area (Å²) in [6.07, 6.45) is -4.53. The molecule has 2 aromatic rings. The molecule has 0 aliphatic carbocycles. The van der Waals surface area contributed by atoms with Gasteiger partial charge in [-0.25, -0.2) is 8.42 Å². The maximum absolute atomic E-state index is 12.3. The largest absolute Gasteiger partial charge is 0.389 e. The predicted octanol–water partition coefficient (Wildman–Crippen LogP) is 4.24. The molecule has 0 atom stereocenters. The number of benzene rings is 2. The Labute approximate surface area is 147 Å². The maximum Gasteiger partial charge on any atom is 0.389 e. The lowest BCUT2D eigenvalue weighted by Crippen LogP contribution is -2.08. The third kappa shape index (κ3) is 5.45. The fourth-order valence-electron chi connectivity index (χ4n) is 2.25.